The van der Waals surface area contributed by atoms with Gasteiger partial charge >= 0.3 is 0 Å². The minimum Gasteiger partial charge on any atom is -0.381 e. The Morgan fingerprint density at radius 2 is 1.80 bits per heavy atom. The number of rotatable bonds is 3. The van der Waals surface area contributed by atoms with Gasteiger partial charge in [-0.05, 0) is 42.3 Å². The Morgan fingerprint density at radius 1 is 1.00 bits per heavy atom. The summed E-state index contributed by atoms with van der Waals surface area (Å²) in [5.74, 6) is 0. The molecule has 1 N–H and O–H groups in total. The zero-order valence-electron chi connectivity index (χ0n) is 11.1. The van der Waals surface area contributed by atoms with Crippen molar-refractivity contribution < 1.29 is 0 Å². The maximum atomic E-state index is 4.31. The minimum atomic E-state index is 0.782. The van der Waals surface area contributed by atoms with Gasteiger partial charge in [0, 0.05) is 29.1 Å². The van der Waals surface area contributed by atoms with Gasteiger partial charge in [-0.25, -0.2) is 0 Å². The first kappa shape index (κ1) is 13.1. The number of nitrogens with one attached hydrogen (secondary N) is 1. The van der Waals surface area contributed by atoms with Crippen molar-refractivity contribution in [3.05, 3.63) is 64.4 Å². The van der Waals surface area contributed by atoms with E-state index in [4.69, 9.17) is 0 Å². The molecular weight excluding hydrogens is 314 g/mol. The Bertz CT molecular complexity index is 756. The molecule has 0 spiro atoms. The first-order valence-corrected chi connectivity index (χ1v) is 7.21. The molecule has 0 saturated carbocycles. The van der Waals surface area contributed by atoms with Crippen LogP contribution in [-0.4, -0.2) is 9.97 Å². The fourth-order valence-electron chi connectivity index (χ4n) is 2.02. The van der Waals surface area contributed by atoms with Gasteiger partial charge in [0.15, 0.2) is 0 Å². The van der Waals surface area contributed by atoms with Crippen molar-refractivity contribution in [3.8, 4) is 0 Å². The molecular formula is C16H14BrN3. The lowest BCUT2D eigenvalue weighted by atomic mass is 10.1. The summed E-state index contributed by atoms with van der Waals surface area (Å²) >= 11 is 3.56. The topological polar surface area (TPSA) is 37.8 Å². The van der Waals surface area contributed by atoms with Crippen molar-refractivity contribution in [2.75, 3.05) is 5.32 Å². The molecule has 2 aromatic carbocycles. The molecule has 1 aromatic heterocycles. The monoisotopic (exact) mass is 327 g/mol. The zero-order valence-corrected chi connectivity index (χ0v) is 12.7. The van der Waals surface area contributed by atoms with Crippen molar-refractivity contribution in [1.82, 2.24) is 9.97 Å². The summed E-state index contributed by atoms with van der Waals surface area (Å²) in [7, 11) is 0. The largest absolute Gasteiger partial charge is 0.381 e. The molecule has 4 heteroatoms. The van der Waals surface area contributed by atoms with E-state index in [9.17, 15) is 0 Å². The zero-order chi connectivity index (χ0) is 13.9. The number of anilines is 1. The van der Waals surface area contributed by atoms with E-state index in [0.29, 0.717) is 0 Å². The molecule has 0 aliphatic rings. The second kappa shape index (κ2) is 5.59. The van der Waals surface area contributed by atoms with Gasteiger partial charge in [-0.2, -0.15) is 0 Å². The summed E-state index contributed by atoms with van der Waals surface area (Å²) in [5.41, 5.74) is 5.35. The van der Waals surface area contributed by atoms with Crippen LogP contribution >= 0.6 is 15.9 Å². The fourth-order valence-corrected chi connectivity index (χ4v) is 2.45. The van der Waals surface area contributed by atoms with Crippen LogP contribution in [0.25, 0.3) is 11.0 Å². The number of aromatic nitrogens is 2. The highest BCUT2D eigenvalue weighted by atomic mass is 79.9. The lowest BCUT2D eigenvalue weighted by Crippen LogP contribution is -1.99. The van der Waals surface area contributed by atoms with E-state index >= 15 is 0 Å². The van der Waals surface area contributed by atoms with E-state index in [1.54, 1.807) is 12.4 Å². The van der Waals surface area contributed by atoms with Gasteiger partial charge in [-0.3, -0.25) is 9.97 Å². The molecule has 3 aromatic rings. The van der Waals surface area contributed by atoms with E-state index in [-0.39, 0.29) is 0 Å². The first-order chi connectivity index (χ1) is 9.72. The normalized spacial score (nSPS) is 10.7. The third-order valence-electron chi connectivity index (χ3n) is 3.20. The van der Waals surface area contributed by atoms with Crippen LogP contribution in [0.4, 0.5) is 5.69 Å². The standard InChI is InChI=1S/C16H14BrN3/c1-11-2-3-12(8-14(11)17)10-20-13-4-5-15-16(9-13)19-7-6-18-15/h2-9,20H,10H2,1H3. The number of benzene rings is 2. The number of aryl methyl sites for hydroxylation is 1. The molecule has 0 atom stereocenters. The molecule has 100 valence electrons. The van der Waals surface area contributed by atoms with Crippen molar-refractivity contribution in [1.29, 1.82) is 0 Å². The Balaban J connectivity index is 1.77. The highest BCUT2D eigenvalue weighted by molar-refractivity contribution is 9.10. The Labute approximate surface area is 126 Å². The molecule has 0 aliphatic heterocycles. The lowest BCUT2D eigenvalue weighted by molar-refractivity contribution is 1.14. The lowest BCUT2D eigenvalue weighted by Gasteiger charge is -2.08. The number of halogens is 1. The predicted molar refractivity (Wildman–Crippen MR) is 85.7 cm³/mol. The molecule has 0 amide bonds. The Kier molecular flexibility index (Phi) is 3.65. The van der Waals surface area contributed by atoms with E-state index < -0.39 is 0 Å². The van der Waals surface area contributed by atoms with E-state index in [1.165, 1.54) is 11.1 Å². The van der Waals surface area contributed by atoms with Crippen LogP contribution in [0.2, 0.25) is 0 Å². The maximum Gasteiger partial charge on any atom is 0.0907 e. The summed E-state index contributed by atoms with van der Waals surface area (Å²) in [6, 6.07) is 12.4. The van der Waals surface area contributed by atoms with Crippen LogP contribution in [0.1, 0.15) is 11.1 Å². The molecule has 3 rings (SSSR count). The summed E-state index contributed by atoms with van der Waals surface area (Å²) in [6.07, 6.45) is 3.42. The second-order valence-electron chi connectivity index (χ2n) is 4.70. The van der Waals surface area contributed by atoms with Gasteiger partial charge in [-0.1, -0.05) is 28.1 Å². The molecule has 20 heavy (non-hydrogen) atoms. The van der Waals surface area contributed by atoms with E-state index in [0.717, 1.165) is 27.7 Å². The molecule has 0 bridgehead atoms. The van der Waals surface area contributed by atoms with Gasteiger partial charge in [0.2, 0.25) is 0 Å². The average Bonchev–Trinajstić information content (AvgIpc) is 2.48. The quantitative estimate of drug-likeness (QED) is 0.778. The second-order valence-corrected chi connectivity index (χ2v) is 5.55. The number of fused-ring (bicyclic) bond motifs is 1. The highest BCUT2D eigenvalue weighted by Gasteiger charge is 2.00. The molecule has 0 fully saturated rings. The summed E-state index contributed by atoms with van der Waals surface area (Å²) in [5, 5.41) is 3.41. The van der Waals surface area contributed by atoms with Gasteiger partial charge in [0.05, 0.1) is 11.0 Å². The number of hydrogen-bond acceptors (Lipinski definition) is 3. The fraction of sp³-hybridized carbons (Fsp3) is 0.125. The van der Waals surface area contributed by atoms with Gasteiger partial charge in [-0.15, -0.1) is 0 Å². The van der Waals surface area contributed by atoms with Gasteiger partial charge in [0.25, 0.3) is 0 Å². The first-order valence-electron chi connectivity index (χ1n) is 6.42. The van der Waals surface area contributed by atoms with E-state index in [2.05, 4.69) is 56.3 Å². The molecule has 0 saturated heterocycles. The predicted octanol–water partition coefficient (Wildman–Crippen LogP) is 4.31. The van der Waals surface area contributed by atoms with Crippen LogP contribution in [0.5, 0.6) is 0 Å². The van der Waals surface area contributed by atoms with Crippen molar-refractivity contribution in [2.24, 2.45) is 0 Å². The third kappa shape index (κ3) is 2.80. The molecule has 0 unspecified atom stereocenters. The average molecular weight is 328 g/mol. The summed E-state index contributed by atoms with van der Waals surface area (Å²) in [4.78, 5) is 8.58. The van der Waals surface area contributed by atoms with Crippen LogP contribution in [-0.2, 0) is 6.54 Å². The maximum absolute atomic E-state index is 4.31. The number of hydrogen-bond donors (Lipinski definition) is 1. The van der Waals surface area contributed by atoms with Crippen molar-refractivity contribution in [2.45, 2.75) is 13.5 Å². The van der Waals surface area contributed by atoms with Crippen LogP contribution in [0.15, 0.2) is 53.3 Å². The van der Waals surface area contributed by atoms with Gasteiger partial charge < -0.3 is 5.32 Å². The third-order valence-corrected chi connectivity index (χ3v) is 4.06. The molecule has 1 heterocycles. The summed E-state index contributed by atoms with van der Waals surface area (Å²) in [6.45, 7) is 2.87. The van der Waals surface area contributed by atoms with Gasteiger partial charge in [0.1, 0.15) is 0 Å². The number of nitrogens with zero attached hydrogens (tertiary/aromatic N) is 2. The molecule has 0 aliphatic carbocycles. The van der Waals surface area contributed by atoms with Crippen LogP contribution in [0.3, 0.4) is 0 Å². The summed E-state index contributed by atoms with van der Waals surface area (Å²) < 4.78 is 1.14. The van der Waals surface area contributed by atoms with Crippen LogP contribution < -0.4 is 5.32 Å². The Hall–Kier alpha value is -1.94. The van der Waals surface area contributed by atoms with Crippen LogP contribution in [0, 0.1) is 6.92 Å². The Morgan fingerprint density at radius 3 is 2.60 bits per heavy atom. The smallest absolute Gasteiger partial charge is 0.0907 e. The van der Waals surface area contributed by atoms with Crippen molar-refractivity contribution >= 4 is 32.7 Å². The molecule has 3 nitrogen and oxygen atoms in total. The SMILES string of the molecule is Cc1ccc(CNc2ccc3nccnc3c2)cc1Br. The highest BCUT2D eigenvalue weighted by Crippen LogP contribution is 2.19. The van der Waals surface area contributed by atoms with E-state index in [1.807, 2.05) is 18.2 Å². The minimum absolute atomic E-state index is 0.782. The molecule has 0 radical (unpaired) electrons. The van der Waals surface area contributed by atoms with Crippen molar-refractivity contribution in [3.63, 3.8) is 0 Å².